The molecule has 0 spiro atoms. The van der Waals surface area contributed by atoms with Crippen LogP contribution < -0.4 is 4.74 Å². The van der Waals surface area contributed by atoms with Crippen LogP contribution in [0.4, 0.5) is 13.2 Å². The number of carboxylic acid groups (broad SMARTS) is 1. The summed E-state index contributed by atoms with van der Waals surface area (Å²) >= 11 is 0. The molecule has 3 heterocycles. The van der Waals surface area contributed by atoms with E-state index < -0.39 is 12.1 Å². The molecule has 0 radical (unpaired) electrons. The fraction of sp³-hybridized carbons (Fsp3) is 0.700. The summed E-state index contributed by atoms with van der Waals surface area (Å²) in [6.45, 7) is 5.70. The van der Waals surface area contributed by atoms with E-state index in [1.807, 2.05) is 18.2 Å². The summed E-state index contributed by atoms with van der Waals surface area (Å²) in [5.74, 6) is -0.763. The largest absolute Gasteiger partial charge is 0.490 e. The summed E-state index contributed by atoms with van der Waals surface area (Å²) in [7, 11) is 0. The van der Waals surface area contributed by atoms with Crippen LogP contribution >= 0.6 is 0 Å². The van der Waals surface area contributed by atoms with Gasteiger partial charge in [-0.2, -0.15) is 13.2 Å². The van der Waals surface area contributed by atoms with Gasteiger partial charge in [-0.3, -0.25) is 4.90 Å². The van der Waals surface area contributed by atoms with E-state index in [0.717, 1.165) is 45.3 Å². The number of alkyl halides is 3. The second-order valence-electron chi connectivity index (χ2n) is 7.82. The van der Waals surface area contributed by atoms with Crippen molar-refractivity contribution in [2.45, 2.75) is 37.6 Å². The second kappa shape index (κ2) is 10.4. The van der Waals surface area contributed by atoms with Crippen LogP contribution in [0.3, 0.4) is 0 Å². The Labute approximate surface area is 173 Å². The number of carbonyl (C=O) groups is 1. The fourth-order valence-corrected chi connectivity index (χ4v) is 4.18. The normalized spacial score (nSPS) is 29.0. The van der Waals surface area contributed by atoms with Crippen molar-refractivity contribution >= 4 is 5.97 Å². The number of ether oxygens (including phenoxy) is 3. The molecule has 1 aromatic heterocycles. The van der Waals surface area contributed by atoms with Crippen molar-refractivity contribution in [3.8, 4) is 5.88 Å². The zero-order chi connectivity index (χ0) is 21.6. The van der Waals surface area contributed by atoms with Crippen LogP contribution in [0.2, 0.25) is 0 Å². The zero-order valence-electron chi connectivity index (χ0n) is 16.6. The van der Waals surface area contributed by atoms with Crippen LogP contribution in [-0.4, -0.2) is 78.8 Å². The zero-order valence-corrected chi connectivity index (χ0v) is 16.6. The first-order valence-electron chi connectivity index (χ1n) is 10.1. The Morgan fingerprint density at radius 1 is 1.27 bits per heavy atom. The SMILES string of the molecule is O=C(O)C(F)(F)F.c1ccc(OCC2C[C@@H]3[C@@H](C2)OCCN3CC2CCOC2)nc1. The molecular formula is C20H27F3N2O5. The van der Waals surface area contributed by atoms with Gasteiger partial charge in [-0.05, 0) is 37.2 Å². The molecule has 1 N–H and O–H groups in total. The first-order chi connectivity index (χ1) is 14.3. The molecule has 4 rings (SSSR count). The summed E-state index contributed by atoms with van der Waals surface area (Å²) in [4.78, 5) is 15.8. The van der Waals surface area contributed by atoms with Crippen molar-refractivity contribution < 1.29 is 37.3 Å². The number of carboxylic acids is 1. The monoisotopic (exact) mass is 432 g/mol. The number of aliphatic carboxylic acids is 1. The molecular weight excluding hydrogens is 405 g/mol. The molecule has 1 aromatic rings. The van der Waals surface area contributed by atoms with E-state index in [4.69, 9.17) is 24.1 Å². The van der Waals surface area contributed by atoms with Crippen molar-refractivity contribution in [2.75, 3.05) is 39.5 Å². The maximum Gasteiger partial charge on any atom is 0.490 e. The van der Waals surface area contributed by atoms with E-state index in [9.17, 15) is 13.2 Å². The van der Waals surface area contributed by atoms with Gasteiger partial charge in [0.25, 0.3) is 0 Å². The number of fused-ring (bicyclic) bond motifs is 1. The van der Waals surface area contributed by atoms with Crippen molar-refractivity contribution in [3.05, 3.63) is 24.4 Å². The fourth-order valence-electron chi connectivity index (χ4n) is 4.18. The Morgan fingerprint density at radius 2 is 2.07 bits per heavy atom. The van der Waals surface area contributed by atoms with Gasteiger partial charge in [0.15, 0.2) is 0 Å². The van der Waals surface area contributed by atoms with Crippen molar-refractivity contribution in [1.29, 1.82) is 0 Å². The van der Waals surface area contributed by atoms with E-state index >= 15 is 0 Å². The predicted molar refractivity (Wildman–Crippen MR) is 100 cm³/mol. The maximum atomic E-state index is 10.6. The van der Waals surface area contributed by atoms with Crippen LogP contribution in [0.5, 0.6) is 5.88 Å². The number of halogens is 3. The van der Waals surface area contributed by atoms with Gasteiger partial charge in [0.2, 0.25) is 5.88 Å². The van der Waals surface area contributed by atoms with Crippen LogP contribution in [-0.2, 0) is 14.3 Å². The van der Waals surface area contributed by atoms with Crippen molar-refractivity contribution in [2.24, 2.45) is 11.8 Å². The Balaban J connectivity index is 0.000000318. The molecule has 7 nitrogen and oxygen atoms in total. The molecule has 0 amide bonds. The van der Waals surface area contributed by atoms with Gasteiger partial charge in [-0.25, -0.2) is 9.78 Å². The molecule has 0 bridgehead atoms. The number of hydrogen-bond donors (Lipinski definition) is 1. The van der Waals surface area contributed by atoms with Gasteiger partial charge in [0.05, 0.1) is 25.9 Å². The lowest BCUT2D eigenvalue weighted by Crippen LogP contribution is -2.50. The number of aromatic nitrogens is 1. The van der Waals surface area contributed by atoms with Gasteiger partial charge in [0, 0.05) is 38.0 Å². The Hall–Kier alpha value is -1.91. The Morgan fingerprint density at radius 3 is 2.70 bits per heavy atom. The standard InChI is InChI=1S/C18H26N2O3.C2HF3O2/c1-2-5-19-18(3-1)23-13-15-9-16-17(10-15)22-8-6-20(16)11-14-4-7-21-12-14;3-2(4,5)1(6)7/h1-3,5,14-17H,4,6-13H2;(H,6,7)/t14?,15?,16-,17-;/m1./s1. The number of morpholine rings is 1. The molecule has 2 unspecified atom stereocenters. The molecule has 1 aliphatic carbocycles. The molecule has 30 heavy (non-hydrogen) atoms. The molecule has 1 saturated carbocycles. The van der Waals surface area contributed by atoms with E-state index in [-0.39, 0.29) is 0 Å². The number of rotatable bonds is 5. The Bertz CT molecular complexity index is 670. The van der Waals surface area contributed by atoms with Gasteiger partial charge < -0.3 is 19.3 Å². The minimum Gasteiger partial charge on any atom is -0.477 e. The summed E-state index contributed by atoms with van der Waals surface area (Å²) in [5, 5.41) is 7.12. The highest BCUT2D eigenvalue weighted by atomic mass is 19.4. The third-order valence-corrected chi connectivity index (χ3v) is 5.61. The van der Waals surface area contributed by atoms with E-state index in [2.05, 4.69) is 9.88 Å². The molecule has 10 heteroatoms. The van der Waals surface area contributed by atoms with Gasteiger partial charge in [-0.15, -0.1) is 0 Å². The lowest BCUT2D eigenvalue weighted by molar-refractivity contribution is -0.192. The first-order valence-corrected chi connectivity index (χ1v) is 10.1. The van der Waals surface area contributed by atoms with Crippen molar-refractivity contribution in [1.82, 2.24) is 9.88 Å². The third-order valence-electron chi connectivity index (χ3n) is 5.61. The number of hydrogen-bond acceptors (Lipinski definition) is 6. The topological polar surface area (TPSA) is 81.1 Å². The predicted octanol–water partition coefficient (Wildman–Crippen LogP) is 2.61. The third kappa shape index (κ3) is 6.55. The number of pyridine rings is 1. The maximum absolute atomic E-state index is 10.6. The Kier molecular flexibility index (Phi) is 7.90. The lowest BCUT2D eigenvalue weighted by Gasteiger charge is -2.38. The van der Waals surface area contributed by atoms with Crippen molar-refractivity contribution in [3.63, 3.8) is 0 Å². The van der Waals surface area contributed by atoms with E-state index in [1.54, 1.807) is 6.20 Å². The highest BCUT2D eigenvalue weighted by molar-refractivity contribution is 5.73. The van der Waals surface area contributed by atoms with Crippen LogP contribution in [0.25, 0.3) is 0 Å². The highest BCUT2D eigenvalue weighted by Gasteiger charge is 2.42. The van der Waals surface area contributed by atoms with Gasteiger partial charge in [0.1, 0.15) is 0 Å². The van der Waals surface area contributed by atoms with Crippen LogP contribution in [0.1, 0.15) is 19.3 Å². The molecule has 2 aliphatic heterocycles. The summed E-state index contributed by atoms with van der Waals surface area (Å²) in [6.07, 6.45) is 0.558. The van der Waals surface area contributed by atoms with E-state index in [0.29, 0.717) is 24.0 Å². The quantitative estimate of drug-likeness (QED) is 0.766. The summed E-state index contributed by atoms with van der Waals surface area (Å²) in [5.41, 5.74) is 0. The average molecular weight is 432 g/mol. The van der Waals surface area contributed by atoms with Crippen LogP contribution in [0, 0.1) is 11.8 Å². The molecule has 3 aliphatic rings. The first kappa shape index (κ1) is 22.8. The highest BCUT2D eigenvalue weighted by Crippen LogP contribution is 2.35. The molecule has 2 saturated heterocycles. The van der Waals surface area contributed by atoms with Gasteiger partial charge in [-0.1, -0.05) is 6.07 Å². The second-order valence-corrected chi connectivity index (χ2v) is 7.82. The van der Waals surface area contributed by atoms with E-state index in [1.165, 1.54) is 19.4 Å². The molecule has 168 valence electrons. The molecule has 0 aromatic carbocycles. The number of nitrogens with zero attached hydrogens (tertiary/aromatic N) is 2. The van der Waals surface area contributed by atoms with Gasteiger partial charge >= 0.3 is 12.1 Å². The van der Waals surface area contributed by atoms with Crippen LogP contribution in [0.15, 0.2) is 24.4 Å². The summed E-state index contributed by atoms with van der Waals surface area (Å²) in [6, 6.07) is 6.35. The summed E-state index contributed by atoms with van der Waals surface area (Å²) < 4.78 is 49.2. The lowest BCUT2D eigenvalue weighted by atomic mass is 10.0. The molecule has 4 atom stereocenters. The minimum atomic E-state index is -5.08. The smallest absolute Gasteiger partial charge is 0.477 e. The molecule has 3 fully saturated rings. The average Bonchev–Trinajstić information content (AvgIpc) is 3.37. The minimum absolute atomic E-state index is 0.378.